The van der Waals surface area contributed by atoms with Crippen molar-refractivity contribution in [1.29, 1.82) is 0 Å². The van der Waals surface area contributed by atoms with Gasteiger partial charge in [0.05, 0.1) is 11.2 Å². The van der Waals surface area contributed by atoms with Gasteiger partial charge in [-0.2, -0.15) is 0 Å². The summed E-state index contributed by atoms with van der Waals surface area (Å²) < 4.78 is 2.53. The van der Waals surface area contributed by atoms with Crippen LogP contribution < -0.4 is 10.6 Å². The highest BCUT2D eigenvalue weighted by molar-refractivity contribution is 5.96. The number of hydrogen-bond donors (Lipinski definition) is 2. The summed E-state index contributed by atoms with van der Waals surface area (Å²) in [6.07, 6.45) is 1.17. The number of para-hydroxylation sites is 1. The second-order valence-corrected chi connectivity index (χ2v) is 4.63. The fraction of sp³-hybridized carbons (Fsp3) is 0.385. The predicted molar refractivity (Wildman–Crippen MR) is 65.8 cm³/mol. The molecule has 2 aliphatic heterocycles. The van der Waals surface area contributed by atoms with E-state index in [2.05, 4.69) is 33.4 Å². The van der Waals surface area contributed by atoms with Crippen molar-refractivity contribution >= 4 is 16.6 Å². The Morgan fingerprint density at radius 2 is 2.19 bits per heavy atom. The van der Waals surface area contributed by atoms with Crippen LogP contribution in [0.25, 0.3) is 10.9 Å². The van der Waals surface area contributed by atoms with Gasteiger partial charge in [0.2, 0.25) is 0 Å². The molecule has 0 radical (unpaired) electrons. The largest absolute Gasteiger partial charge is 0.382 e. The zero-order valence-electron chi connectivity index (χ0n) is 9.21. The van der Waals surface area contributed by atoms with Crippen LogP contribution >= 0.6 is 0 Å². The van der Waals surface area contributed by atoms with Crippen LogP contribution in [0.2, 0.25) is 0 Å². The molecule has 0 spiro atoms. The third-order valence-corrected chi connectivity index (χ3v) is 3.80. The monoisotopic (exact) mass is 213 g/mol. The summed E-state index contributed by atoms with van der Waals surface area (Å²) in [5.41, 5.74) is 5.80. The van der Waals surface area contributed by atoms with Gasteiger partial charge in [-0.05, 0) is 11.6 Å². The van der Waals surface area contributed by atoms with E-state index in [4.69, 9.17) is 0 Å². The maximum absolute atomic E-state index is 3.49. The smallest absolute Gasteiger partial charge is 0.0722 e. The highest BCUT2D eigenvalue weighted by Crippen LogP contribution is 2.34. The van der Waals surface area contributed by atoms with E-state index in [0.29, 0.717) is 0 Å². The highest BCUT2D eigenvalue weighted by Gasteiger charge is 2.22. The molecule has 2 aliphatic rings. The molecule has 2 N–H and O–H groups in total. The molecule has 82 valence electrons. The quantitative estimate of drug-likeness (QED) is 0.697. The second-order valence-electron chi connectivity index (χ2n) is 4.63. The minimum atomic E-state index is 1.03. The Morgan fingerprint density at radius 1 is 1.19 bits per heavy atom. The van der Waals surface area contributed by atoms with Crippen LogP contribution in [0.5, 0.6) is 0 Å². The van der Waals surface area contributed by atoms with E-state index in [1.807, 2.05) is 0 Å². The van der Waals surface area contributed by atoms with Crippen molar-refractivity contribution in [2.75, 3.05) is 18.4 Å². The minimum absolute atomic E-state index is 1.03. The minimum Gasteiger partial charge on any atom is -0.382 e. The summed E-state index contributed by atoms with van der Waals surface area (Å²) in [5, 5.41) is 8.41. The zero-order chi connectivity index (χ0) is 10.5. The Morgan fingerprint density at radius 3 is 3.19 bits per heavy atom. The third-order valence-electron chi connectivity index (χ3n) is 3.80. The van der Waals surface area contributed by atoms with E-state index < -0.39 is 0 Å². The van der Waals surface area contributed by atoms with Gasteiger partial charge in [-0.1, -0.05) is 12.1 Å². The first-order valence-corrected chi connectivity index (χ1v) is 6.03. The average molecular weight is 213 g/mol. The summed E-state index contributed by atoms with van der Waals surface area (Å²) in [7, 11) is 0. The van der Waals surface area contributed by atoms with Crippen molar-refractivity contribution in [3.8, 4) is 0 Å². The van der Waals surface area contributed by atoms with Crippen LogP contribution in [0, 0.1) is 0 Å². The molecular weight excluding hydrogens is 198 g/mol. The Labute approximate surface area is 94.4 Å². The maximum atomic E-state index is 3.49. The molecule has 2 aromatic rings. The van der Waals surface area contributed by atoms with Gasteiger partial charge in [-0.15, -0.1) is 0 Å². The molecule has 1 aromatic heterocycles. The van der Waals surface area contributed by atoms with Gasteiger partial charge in [0, 0.05) is 43.7 Å². The zero-order valence-corrected chi connectivity index (χ0v) is 9.21. The van der Waals surface area contributed by atoms with Gasteiger partial charge in [-0.25, -0.2) is 0 Å². The molecule has 1 aromatic carbocycles. The summed E-state index contributed by atoms with van der Waals surface area (Å²) >= 11 is 0. The first-order valence-electron chi connectivity index (χ1n) is 6.03. The fourth-order valence-electron chi connectivity index (χ4n) is 3.13. The molecule has 0 bridgehead atoms. The number of aromatic nitrogens is 1. The van der Waals surface area contributed by atoms with Crippen LogP contribution in [0.1, 0.15) is 11.3 Å². The molecule has 0 saturated heterocycles. The molecule has 0 fully saturated rings. The van der Waals surface area contributed by atoms with Gasteiger partial charge in [0.15, 0.2) is 0 Å². The predicted octanol–water partition coefficient (Wildman–Crippen LogP) is 1.71. The molecule has 0 aliphatic carbocycles. The Bertz CT molecular complexity index is 568. The Balaban J connectivity index is 2.16. The molecule has 0 unspecified atom stereocenters. The molecule has 3 heteroatoms. The van der Waals surface area contributed by atoms with Crippen LogP contribution in [-0.4, -0.2) is 17.7 Å². The van der Waals surface area contributed by atoms with Crippen LogP contribution in [0.15, 0.2) is 18.2 Å². The first-order chi connectivity index (χ1) is 7.95. The van der Waals surface area contributed by atoms with E-state index in [1.54, 1.807) is 5.69 Å². The molecule has 3 nitrogen and oxygen atoms in total. The lowest BCUT2D eigenvalue weighted by Crippen LogP contribution is -2.26. The summed E-state index contributed by atoms with van der Waals surface area (Å²) in [4.78, 5) is 0. The van der Waals surface area contributed by atoms with Gasteiger partial charge in [0.1, 0.15) is 0 Å². The Hall–Kier alpha value is -1.48. The number of benzene rings is 1. The van der Waals surface area contributed by atoms with Gasteiger partial charge in [0.25, 0.3) is 0 Å². The van der Waals surface area contributed by atoms with Gasteiger partial charge < -0.3 is 15.2 Å². The van der Waals surface area contributed by atoms with Crippen LogP contribution in [0.4, 0.5) is 5.69 Å². The highest BCUT2D eigenvalue weighted by atomic mass is 15.1. The number of hydrogen-bond acceptors (Lipinski definition) is 2. The third kappa shape index (κ3) is 0.964. The molecule has 4 rings (SSSR count). The SMILES string of the molecule is c1cc2c3c(c1)c1c(n3CCN2)CCNC1. The molecule has 3 heterocycles. The normalized spacial score (nSPS) is 18.2. The molecule has 0 saturated carbocycles. The lowest BCUT2D eigenvalue weighted by molar-refractivity contribution is 0.598. The van der Waals surface area contributed by atoms with Crippen molar-refractivity contribution in [2.45, 2.75) is 19.5 Å². The molecule has 0 amide bonds. The summed E-state index contributed by atoms with van der Waals surface area (Å²) in [6, 6.07) is 6.61. The number of fused-ring (bicyclic) bond motifs is 3. The lowest BCUT2D eigenvalue weighted by atomic mass is 10.1. The van der Waals surface area contributed by atoms with Crippen molar-refractivity contribution in [1.82, 2.24) is 9.88 Å². The van der Waals surface area contributed by atoms with E-state index >= 15 is 0 Å². The number of nitrogens with zero attached hydrogens (tertiary/aromatic N) is 1. The van der Waals surface area contributed by atoms with Crippen LogP contribution in [0.3, 0.4) is 0 Å². The summed E-state index contributed by atoms with van der Waals surface area (Å²) in [6.45, 7) is 4.32. The van der Waals surface area contributed by atoms with Gasteiger partial charge >= 0.3 is 0 Å². The van der Waals surface area contributed by atoms with E-state index in [-0.39, 0.29) is 0 Å². The number of rotatable bonds is 0. The molecule has 0 atom stereocenters. The summed E-state index contributed by atoms with van der Waals surface area (Å²) in [5.74, 6) is 0. The van der Waals surface area contributed by atoms with Crippen molar-refractivity contribution in [2.24, 2.45) is 0 Å². The first kappa shape index (κ1) is 8.65. The molecular formula is C13H15N3. The van der Waals surface area contributed by atoms with E-state index in [1.165, 1.54) is 28.6 Å². The average Bonchev–Trinajstić information content (AvgIpc) is 2.68. The number of anilines is 1. The van der Waals surface area contributed by atoms with Crippen molar-refractivity contribution < 1.29 is 0 Å². The van der Waals surface area contributed by atoms with E-state index in [0.717, 1.165) is 26.2 Å². The second kappa shape index (κ2) is 3.01. The van der Waals surface area contributed by atoms with Crippen LogP contribution in [-0.2, 0) is 19.5 Å². The van der Waals surface area contributed by atoms with Gasteiger partial charge in [-0.3, -0.25) is 0 Å². The lowest BCUT2D eigenvalue weighted by Gasteiger charge is -2.21. The maximum Gasteiger partial charge on any atom is 0.0722 e. The van der Waals surface area contributed by atoms with E-state index in [9.17, 15) is 0 Å². The molecule has 16 heavy (non-hydrogen) atoms. The van der Waals surface area contributed by atoms with Crippen molar-refractivity contribution in [3.63, 3.8) is 0 Å². The van der Waals surface area contributed by atoms with Crippen molar-refractivity contribution in [3.05, 3.63) is 29.5 Å². The Kier molecular flexibility index (Phi) is 1.63. The fourth-order valence-corrected chi connectivity index (χ4v) is 3.13. The standard InChI is InChI=1S/C13H15N3/c1-2-9-10-8-14-5-4-12(10)16-7-6-15-11(3-1)13(9)16/h1-3,14-15H,4-8H2. The topological polar surface area (TPSA) is 29.0 Å². The number of nitrogens with one attached hydrogen (secondary N) is 2.